The van der Waals surface area contributed by atoms with Crippen LogP contribution in [0.5, 0.6) is 0 Å². The van der Waals surface area contributed by atoms with Gasteiger partial charge in [-0.3, -0.25) is 14.6 Å². The molecule has 8 heteroatoms. The minimum Gasteiger partial charge on any atom is -0.325 e. The van der Waals surface area contributed by atoms with Crippen LogP contribution in [0.4, 0.5) is 11.4 Å². The highest BCUT2D eigenvalue weighted by molar-refractivity contribution is 8.15. The third kappa shape index (κ3) is 4.88. The van der Waals surface area contributed by atoms with E-state index in [1.54, 1.807) is 29.2 Å². The number of nitrogens with one attached hydrogen (secondary N) is 1. The number of hydrogen-bond donors (Lipinski definition) is 1. The number of halogens is 1. The van der Waals surface area contributed by atoms with Crippen LogP contribution in [-0.2, 0) is 16.0 Å². The fourth-order valence-corrected chi connectivity index (χ4v) is 5.20. The van der Waals surface area contributed by atoms with Crippen molar-refractivity contribution in [2.75, 3.05) is 5.32 Å². The number of para-hydroxylation sites is 1. The smallest absolute Gasteiger partial charge is 0.259 e. The average Bonchev–Trinajstić information content (AvgIpc) is 3.20. The molecule has 0 saturated carbocycles. The molecule has 176 valence electrons. The lowest BCUT2D eigenvalue weighted by atomic mass is 10.1. The molecule has 6 nitrogen and oxygen atoms in total. The maximum atomic E-state index is 13.5. The van der Waals surface area contributed by atoms with Crippen LogP contribution in [0, 0.1) is 0 Å². The third-order valence-corrected chi connectivity index (χ3v) is 7.41. The molecule has 0 fully saturated rings. The van der Waals surface area contributed by atoms with E-state index >= 15 is 0 Å². The normalized spacial score (nSPS) is 17.3. The van der Waals surface area contributed by atoms with E-state index in [-0.39, 0.29) is 11.8 Å². The highest BCUT2D eigenvalue weighted by Crippen LogP contribution is 2.36. The lowest BCUT2D eigenvalue weighted by Crippen LogP contribution is -2.42. The number of amidine groups is 2. The zero-order chi connectivity index (χ0) is 24.4. The Labute approximate surface area is 213 Å². The van der Waals surface area contributed by atoms with Gasteiger partial charge in [0.15, 0.2) is 5.17 Å². The van der Waals surface area contributed by atoms with Crippen molar-refractivity contribution >= 4 is 57.6 Å². The molecule has 0 spiro atoms. The van der Waals surface area contributed by atoms with E-state index in [0.29, 0.717) is 34.6 Å². The van der Waals surface area contributed by atoms with Crippen molar-refractivity contribution in [3.05, 3.63) is 95.0 Å². The minimum atomic E-state index is -0.535. The molecule has 35 heavy (non-hydrogen) atoms. The second-order valence-electron chi connectivity index (χ2n) is 8.25. The Balaban J connectivity index is 1.42. The van der Waals surface area contributed by atoms with Crippen LogP contribution in [0.1, 0.15) is 24.5 Å². The highest BCUT2D eigenvalue weighted by atomic mass is 35.5. The zero-order valence-corrected chi connectivity index (χ0v) is 20.6. The molecular weight excluding hydrogens is 480 g/mol. The number of nitrogens with zero attached hydrogens (tertiary/aromatic N) is 3. The Bertz CT molecular complexity index is 1320. The first kappa shape index (κ1) is 23.3. The summed E-state index contributed by atoms with van der Waals surface area (Å²) in [7, 11) is 0. The van der Waals surface area contributed by atoms with Gasteiger partial charge in [0.05, 0.1) is 10.9 Å². The Morgan fingerprint density at radius 3 is 2.51 bits per heavy atom. The van der Waals surface area contributed by atoms with Crippen molar-refractivity contribution in [1.82, 2.24) is 4.90 Å². The highest BCUT2D eigenvalue weighted by Gasteiger charge is 2.42. The van der Waals surface area contributed by atoms with Crippen LogP contribution < -0.4 is 5.32 Å². The number of rotatable bonds is 6. The number of aliphatic imine (C=N–C) groups is 2. The second kappa shape index (κ2) is 10.1. The number of benzene rings is 3. The lowest BCUT2D eigenvalue weighted by molar-refractivity contribution is -0.124. The molecule has 3 aromatic rings. The van der Waals surface area contributed by atoms with Crippen molar-refractivity contribution in [2.45, 2.75) is 31.1 Å². The predicted octanol–water partition coefficient (Wildman–Crippen LogP) is 5.69. The van der Waals surface area contributed by atoms with E-state index in [4.69, 9.17) is 21.6 Å². The van der Waals surface area contributed by atoms with Crippen LogP contribution in [0.25, 0.3) is 0 Å². The van der Waals surface area contributed by atoms with Gasteiger partial charge in [0, 0.05) is 22.7 Å². The lowest BCUT2D eigenvalue weighted by Gasteiger charge is -2.27. The Morgan fingerprint density at radius 1 is 1.06 bits per heavy atom. The first-order valence-electron chi connectivity index (χ1n) is 11.4. The summed E-state index contributed by atoms with van der Waals surface area (Å²) in [5, 5.41) is 3.56. The number of thioether (sulfide) groups is 1. The molecule has 1 N–H and O–H groups in total. The predicted molar refractivity (Wildman–Crippen MR) is 143 cm³/mol. The van der Waals surface area contributed by atoms with E-state index in [1.807, 2.05) is 61.5 Å². The quantitative estimate of drug-likeness (QED) is 0.470. The summed E-state index contributed by atoms with van der Waals surface area (Å²) in [4.78, 5) is 37.8. The Kier molecular flexibility index (Phi) is 6.70. The molecule has 0 bridgehead atoms. The molecule has 2 atom stereocenters. The second-order valence-corrected chi connectivity index (χ2v) is 9.86. The van der Waals surface area contributed by atoms with Crippen LogP contribution in [0.15, 0.2) is 88.8 Å². The van der Waals surface area contributed by atoms with Crippen LogP contribution >= 0.6 is 23.4 Å². The van der Waals surface area contributed by atoms with Gasteiger partial charge in [-0.25, -0.2) is 9.89 Å². The maximum absolute atomic E-state index is 13.5. The summed E-state index contributed by atoms with van der Waals surface area (Å²) in [5.74, 6) is 0.307. The molecule has 2 aliphatic rings. The van der Waals surface area contributed by atoms with Crippen LogP contribution in [0.2, 0.25) is 5.02 Å². The molecule has 2 unspecified atom stereocenters. The Hall–Kier alpha value is -3.42. The molecule has 3 aromatic carbocycles. The number of hydrogen-bond acceptors (Lipinski definition) is 5. The summed E-state index contributed by atoms with van der Waals surface area (Å²) in [6, 6.07) is 23.9. The van der Waals surface area contributed by atoms with Gasteiger partial charge in [-0.2, -0.15) is 0 Å². The first-order chi connectivity index (χ1) is 17.0. The standard InChI is InChI=1S/C27H23ClN4O2S/c1-2-23(25(33)29-19-14-12-18(28)13-15-19)35-27-31-21-11-7-6-10-20(21)24-30-22(26(34)32(24)27)16-17-8-4-3-5-9-17/h3-15,22-23H,2,16H2,1H3,(H,29,33). The minimum absolute atomic E-state index is 0.127. The van der Waals surface area contributed by atoms with Gasteiger partial charge >= 0.3 is 0 Å². The molecule has 2 aliphatic heterocycles. The average molecular weight is 503 g/mol. The molecular formula is C27H23ClN4O2S. The van der Waals surface area contributed by atoms with Crippen molar-refractivity contribution in [1.29, 1.82) is 0 Å². The number of amides is 2. The van der Waals surface area contributed by atoms with E-state index < -0.39 is 11.3 Å². The zero-order valence-electron chi connectivity index (χ0n) is 19.0. The van der Waals surface area contributed by atoms with E-state index in [9.17, 15) is 9.59 Å². The number of carbonyl (C=O) groups is 2. The van der Waals surface area contributed by atoms with Gasteiger partial charge in [0.25, 0.3) is 5.91 Å². The summed E-state index contributed by atoms with van der Waals surface area (Å²) in [6.07, 6.45) is 1.07. The first-order valence-corrected chi connectivity index (χ1v) is 12.7. The van der Waals surface area contributed by atoms with Crippen LogP contribution in [-0.4, -0.2) is 39.0 Å². The maximum Gasteiger partial charge on any atom is 0.259 e. The monoisotopic (exact) mass is 502 g/mol. The molecule has 2 amide bonds. The van der Waals surface area contributed by atoms with Gasteiger partial charge in [-0.05, 0) is 48.4 Å². The summed E-state index contributed by atoms with van der Waals surface area (Å²) in [5.41, 5.74) is 3.27. The van der Waals surface area contributed by atoms with Crippen LogP contribution in [0.3, 0.4) is 0 Å². The molecule has 0 radical (unpaired) electrons. The van der Waals surface area contributed by atoms with Gasteiger partial charge in [0.2, 0.25) is 5.91 Å². The van der Waals surface area contributed by atoms with Gasteiger partial charge in [0.1, 0.15) is 11.9 Å². The van der Waals surface area contributed by atoms with Crippen molar-refractivity contribution in [3.63, 3.8) is 0 Å². The molecule has 0 aromatic heterocycles. The van der Waals surface area contributed by atoms with Gasteiger partial charge in [-0.15, -0.1) is 0 Å². The molecule has 5 rings (SSSR count). The largest absolute Gasteiger partial charge is 0.325 e. The van der Waals surface area contributed by atoms with E-state index in [0.717, 1.165) is 16.8 Å². The van der Waals surface area contributed by atoms with E-state index in [1.165, 1.54) is 11.8 Å². The SMILES string of the molecule is CCC(SC1=Nc2ccccc2C2=NC(Cc3ccccc3)C(=O)N12)C(=O)Nc1ccc(Cl)cc1. The number of anilines is 1. The molecule has 2 heterocycles. The topological polar surface area (TPSA) is 74.1 Å². The fraction of sp³-hybridized carbons (Fsp3) is 0.185. The van der Waals surface area contributed by atoms with Gasteiger partial charge in [-0.1, -0.05) is 72.8 Å². The van der Waals surface area contributed by atoms with E-state index in [2.05, 4.69) is 5.32 Å². The summed E-state index contributed by atoms with van der Waals surface area (Å²) >= 11 is 7.24. The summed E-state index contributed by atoms with van der Waals surface area (Å²) in [6.45, 7) is 1.94. The number of carbonyl (C=O) groups excluding carboxylic acids is 2. The van der Waals surface area contributed by atoms with Crippen molar-refractivity contribution in [3.8, 4) is 0 Å². The number of fused-ring (bicyclic) bond motifs is 3. The van der Waals surface area contributed by atoms with Crippen molar-refractivity contribution in [2.24, 2.45) is 9.98 Å². The fourth-order valence-electron chi connectivity index (χ4n) is 4.06. The van der Waals surface area contributed by atoms with Gasteiger partial charge < -0.3 is 5.32 Å². The summed E-state index contributed by atoms with van der Waals surface area (Å²) < 4.78 is 0. The third-order valence-electron chi connectivity index (χ3n) is 5.84. The molecule has 0 saturated heterocycles. The Morgan fingerprint density at radius 2 is 1.77 bits per heavy atom. The molecule has 0 aliphatic carbocycles. The van der Waals surface area contributed by atoms with Crippen molar-refractivity contribution < 1.29 is 9.59 Å².